The van der Waals surface area contributed by atoms with E-state index in [0.717, 1.165) is 16.7 Å². The van der Waals surface area contributed by atoms with Gasteiger partial charge in [-0.3, -0.25) is 4.98 Å². The molecule has 1 aromatic carbocycles. The SMILES string of the molecule is C[C@H](NC(=O)O)c1ccc(-c2ccncc2)cc1. The van der Waals surface area contributed by atoms with E-state index in [1.54, 1.807) is 12.4 Å². The van der Waals surface area contributed by atoms with E-state index >= 15 is 0 Å². The molecule has 4 nitrogen and oxygen atoms in total. The highest BCUT2D eigenvalue weighted by molar-refractivity contribution is 5.66. The number of aromatic nitrogens is 1. The van der Waals surface area contributed by atoms with Crippen molar-refractivity contribution in [3.05, 3.63) is 54.4 Å². The minimum absolute atomic E-state index is 0.214. The van der Waals surface area contributed by atoms with E-state index in [-0.39, 0.29) is 6.04 Å². The highest BCUT2D eigenvalue weighted by Gasteiger charge is 2.07. The molecule has 1 heterocycles. The summed E-state index contributed by atoms with van der Waals surface area (Å²) in [6.45, 7) is 1.82. The van der Waals surface area contributed by atoms with Crippen molar-refractivity contribution in [2.75, 3.05) is 0 Å². The monoisotopic (exact) mass is 242 g/mol. The largest absolute Gasteiger partial charge is 0.465 e. The first-order valence-electron chi connectivity index (χ1n) is 5.66. The maximum atomic E-state index is 10.6. The summed E-state index contributed by atoms with van der Waals surface area (Å²) in [5.41, 5.74) is 3.12. The average molecular weight is 242 g/mol. The van der Waals surface area contributed by atoms with Crippen LogP contribution in [0.15, 0.2) is 48.8 Å². The number of pyridine rings is 1. The van der Waals surface area contributed by atoms with Gasteiger partial charge in [0.2, 0.25) is 0 Å². The first kappa shape index (κ1) is 12.1. The standard InChI is InChI=1S/C14H14N2O2/c1-10(16-14(17)18)11-2-4-12(5-3-11)13-6-8-15-9-7-13/h2-10,16H,1H3,(H,17,18)/t10-/m0/s1. The van der Waals surface area contributed by atoms with Crippen LogP contribution in [-0.4, -0.2) is 16.2 Å². The molecule has 0 aliphatic carbocycles. The van der Waals surface area contributed by atoms with Gasteiger partial charge in [0, 0.05) is 12.4 Å². The van der Waals surface area contributed by atoms with Crippen LogP contribution in [0, 0.1) is 0 Å². The van der Waals surface area contributed by atoms with Crippen LogP contribution < -0.4 is 5.32 Å². The number of rotatable bonds is 3. The second-order valence-electron chi connectivity index (χ2n) is 4.03. The minimum atomic E-state index is -1.01. The summed E-state index contributed by atoms with van der Waals surface area (Å²) in [5, 5.41) is 11.1. The summed E-state index contributed by atoms with van der Waals surface area (Å²) in [6.07, 6.45) is 2.48. The third-order valence-electron chi connectivity index (χ3n) is 2.76. The molecule has 0 saturated heterocycles. The van der Waals surface area contributed by atoms with Gasteiger partial charge < -0.3 is 10.4 Å². The van der Waals surface area contributed by atoms with Crippen molar-refractivity contribution in [3.8, 4) is 11.1 Å². The molecule has 0 fully saturated rings. The molecular formula is C14H14N2O2. The first-order valence-corrected chi connectivity index (χ1v) is 5.66. The predicted octanol–water partition coefficient (Wildman–Crippen LogP) is 3.08. The summed E-state index contributed by atoms with van der Waals surface area (Å²) in [6, 6.07) is 11.5. The number of amides is 1. The summed E-state index contributed by atoms with van der Waals surface area (Å²) >= 11 is 0. The lowest BCUT2D eigenvalue weighted by Crippen LogP contribution is -2.24. The molecule has 2 rings (SSSR count). The van der Waals surface area contributed by atoms with Crippen molar-refractivity contribution in [1.82, 2.24) is 10.3 Å². The number of hydrogen-bond donors (Lipinski definition) is 2. The third-order valence-corrected chi connectivity index (χ3v) is 2.76. The molecule has 0 saturated carbocycles. The van der Waals surface area contributed by atoms with Crippen LogP contribution in [0.5, 0.6) is 0 Å². The molecule has 0 aliphatic rings. The second kappa shape index (κ2) is 5.31. The third kappa shape index (κ3) is 2.85. The number of nitrogens with zero attached hydrogens (tertiary/aromatic N) is 1. The Hall–Kier alpha value is -2.36. The lowest BCUT2D eigenvalue weighted by molar-refractivity contribution is 0.191. The topological polar surface area (TPSA) is 62.2 Å². The molecule has 0 spiro atoms. The van der Waals surface area contributed by atoms with E-state index in [4.69, 9.17) is 5.11 Å². The maximum Gasteiger partial charge on any atom is 0.405 e. The Morgan fingerprint density at radius 2 is 1.67 bits per heavy atom. The zero-order chi connectivity index (χ0) is 13.0. The lowest BCUT2D eigenvalue weighted by atomic mass is 10.0. The van der Waals surface area contributed by atoms with E-state index in [1.807, 2.05) is 43.3 Å². The quantitative estimate of drug-likeness (QED) is 0.869. The summed E-state index contributed by atoms with van der Waals surface area (Å²) in [7, 11) is 0. The van der Waals surface area contributed by atoms with Gasteiger partial charge in [-0.1, -0.05) is 24.3 Å². The number of benzene rings is 1. The van der Waals surface area contributed by atoms with Gasteiger partial charge in [0.15, 0.2) is 0 Å². The van der Waals surface area contributed by atoms with Gasteiger partial charge in [-0.15, -0.1) is 0 Å². The fraction of sp³-hybridized carbons (Fsp3) is 0.143. The second-order valence-corrected chi connectivity index (χ2v) is 4.03. The number of hydrogen-bond acceptors (Lipinski definition) is 2. The average Bonchev–Trinajstić information content (AvgIpc) is 2.39. The molecule has 2 aromatic rings. The Labute approximate surface area is 105 Å². The molecule has 4 heteroatoms. The van der Waals surface area contributed by atoms with E-state index in [1.165, 1.54) is 0 Å². The lowest BCUT2D eigenvalue weighted by Gasteiger charge is -2.12. The molecule has 0 radical (unpaired) electrons. The predicted molar refractivity (Wildman–Crippen MR) is 69.2 cm³/mol. The molecule has 2 N–H and O–H groups in total. The van der Waals surface area contributed by atoms with Gasteiger partial charge in [0.05, 0.1) is 6.04 Å². The fourth-order valence-electron chi connectivity index (χ4n) is 1.78. The molecule has 18 heavy (non-hydrogen) atoms. The molecule has 1 atom stereocenters. The van der Waals surface area contributed by atoms with Gasteiger partial charge in [0.25, 0.3) is 0 Å². The van der Waals surface area contributed by atoms with Crippen molar-refractivity contribution >= 4 is 6.09 Å². The molecule has 0 bridgehead atoms. The first-order chi connectivity index (χ1) is 8.66. The van der Waals surface area contributed by atoms with Crippen LogP contribution in [0.1, 0.15) is 18.5 Å². The van der Waals surface area contributed by atoms with Crippen LogP contribution in [0.4, 0.5) is 4.79 Å². The highest BCUT2D eigenvalue weighted by atomic mass is 16.4. The number of carbonyl (C=O) groups is 1. The smallest absolute Gasteiger partial charge is 0.405 e. The van der Waals surface area contributed by atoms with Crippen LogP contribution >= 0.6 is 0 Å². The van der Waals surface area contributed by atoms with Crippen molar-refractivity contribution in [1.29, 1.82) is 0 Å². The minimum Gasteiger partial charge on any atom is -0.465 e. The normalized spacial score (nSPS) is 11.8. The Kier molecular flexibility index (Phi) is 3.57. The summed E-state index contributed by atoms with van der Waals surface area (Å²) in [4.78, 5) is 14.5. The van der Waals surface area contributed by atoms with Gasteiger partial charge in [-0.2, -0.15) is 0 Å². The Morgan fingerprint density at radius 3 is 2.22 bits per heavy atom. The van der Waals surface area contributed by atoms with Gasteiger partial charge >= 0.3 is 6.09 Å². The Bertz CT molecular complexity index is 523. The fourth-order valence-corrected chi connectivity index (χ4v) is 1.78. The molecular weight excluding hydrogens is 228 g/mol. The highest BCUT2D eigenvalue weighted by Crippen LogP contribution is 2.21. The Balaban J connectivity index is 2.18. The van der Waals surface area contributed by atoms with E-state index < -0.39 is 6.09 Å². The van der Waals surface area contributed by atoms with Crippen molar-refractivity contribution < 1.29 is 9.90 Å². The van der Waals surface area contributed by atoms with Crippen LogP contribution in [0.3, 0.4) is 0 Å². The summed E-state index contributed by atoms with van der Waals surface area (Å²) < 4.78 is 0. The molecule has 0 aliphatic heterocycles. The molecule has 92 valence electrons. The summed E-state index contributed by atoms with van der Waals surface area (Å²) in [5.74, 6) is 0. The number of carboxylic acid groups (broad SMARTS) is 1. The van der Waals surface area contributed by atoms with E-state index in [0.29, 0.717) is 0 Å². The zero-order valence-corrected chi connectivity index (χ0v) is 10.00. The molecule has 1 amide bonds. The number of nitrogens with one attached hydrogen (secondary N) is 1. The van der Waals surface area contributed by atoms with Crippen LogP contribution in [-0.2, 0) is 0 Å². The van der Waals surface area contributed by atoms with Crippen LogP contribution in [0.2, 0.25) is 0 Å². The molecule has 0 unspecified atom stereocenters. The van der Waals surface area contributed by atoms with E-state index in [2.05, 4.69) is 10.3 Å². The zero-order valence-electron chi connectivity index (χ0n) is 10.00. The van der Waals surface area contributed by atoms with Gasteiger partial charge in [0.1, 0.15) is 0 Å². The van der Waals surface area contributed by atoms with Crippen molar-refractivity contribution in [2.24, 2.45) is 0 Å². The van der Waals surface area contributed by atoms with Crippen molar-refractivity contribution in [3.63, 3.8) is 0 Å². The van der Waals surface area contributed by atoms with Crippen LogP contribution in [0.25, 0.3) is 11.1 Å². The van der Waals surface area contributed by atoms with Gasteiger partial charge in [-0.25, -0.2) is 4.79 Å². The van der Waals surface area contributed by atoms with E-state index in [9.17, 15) is 4.79 Å². The Morgan fingerprint density at radius 1 is 1.11 bits per heavy atom. The van der Waals surface area contributed by atoms with Gasteiger partial charge in [-0.05, 0) is 35.7 Å². The maximum absolute atomic E-state index is 10.6. The molecule has 1 aromatic heterocycles. The van der Waals surface area contributed by atoms with Crippen molar-refractivity contribution in [2.45, 2.75) is 13.0 Å².